The Balaban J connectivity index is 4.18. The molecule has 0 aliphatic heterocycles. The van der Waals surface area contributed by atoms with Crippen molar-refractivity contribution in [2.24, 2.45) is 5.73 Å². The molecule has 0 aromatic carbocycles. The highest BCUT2D eigenvalue weighted by Crippen LogP contribution is 2.17. The highest BCUT2D eigenvalue weighted by atomic mass is 16.5. The van der Waals surface area contributed by atoms with Gasteiger partial charge >= 0.3 is 11.9 Å². The maximum Gasteiger partial charge on any atom is 0.323 e. The van der Waals surface area contributed by atoms with Crippen LogP contribution in [0.2, 0.25) is 0 Å². The third kappa shape index (κ3) is 15.2. The van der Waals surface area contributed by atoms with Gasteiger partial charge in [-0.05, 0) is 32.1 Å². The molecule has 0 radical (unpaired) electrons. The highest BCUT2D eigenvalue weighted by Gasteiger charge is 2.20. The summed E-state index contributed by atoms with van der Waals surface area (Å²) in [5.74, 6) is -1.39. The number of esters is 1. The van der Waals surface area contributed by atoms with Crippen molar-refractivity contribution in [3.05, 3.63) is 0 Å². The number of unbranched alkanes of at least 4 members (excludes halogenated alkanes) is 9. The summed E-state index contributed by atoms with van der Waals surface area (Å²) in [6.07, 6.45) is 15.0. The van der Waals surface area contributed by atoms with Crippen LogP contribution in [0.25, 0.3) is 0 Å². The minimum Gasteiger partial charge on any atom is -0.481 e. The zero-order valence-electron chi connectivity index (χ0n) is 17.0. The van der Waals surface area contributed by atoms with Crippen molar-refractivity contribution in [3.8, 4) is 0 Å². The van der Waals surface area contributed by atoms with Gasteiger partial charge in [0.05, 0.1) is 0 Å². The molecular weight excluding hydrogens is 330 g/mol. The predicted molar refractivity (Wildman–Crippen MR) is 106 cm³/mol. The summed E-state index contributed by atoms with van der Waals surface area (Å²) in [5.41, 5.74) is 5.78. The Morgan fingerprint density at radius 1 is 0.808 bits per heavy atom. The van der Waals surface area contributed by atoms with Gasteiger partial charge < -0.3 is 15.6 Å². The van der Waals surface area contributed by atoms with Crippen LogP contribution in [-0.4, -0.2) is 29.2 Å². The zero-order chi connectivity index (χ0) is 19.6. The van der Waals surface area contributed by atoms with Gasteiger partial charge in [-0.25, -0.2) is 0 Å². The first-order valence-corrected chi connectivity index (χ1v) is 10.7. The van der Waals surface area contributed by atoms with E-state index in [-0.39, 0.29) is 18.9 Å². The van der Waals surface area contributed by atoms with E-state index in [1.165, 1.54) is 51.4 Å². The number of hydrogen-bond acceptors (Lipinski definition) is 4. The summed E-state index contributed by atoms with van der Waals surface area (Å²) in [5, 5.41) is 8.71. The van der Waals surface area contributed by atoms with E-state index in [4.69, 9.17) is 15.6 Å². The molecule has 0 spiro atoms. The molecule has 0 aromatic rings. The first-order chi connectivity index (χ1) is 12.5. The minimum absolute atomic E-state index is 0.0779. The fourth-order valence-electron chi connectivity index (χ4n) is 3.04. The molecule has 0 aliphatic rings. The second-order valence-electron chi connectivity index (χ2n) is 7.36. The lowest BCUT2D eigenvalue weighted by molar-refractivity contribution is -0.151. The topological polar surface area (TPSA) is 89.6 Å². The van der Waals surface area contributed by atoms with E-state index in [2.05, 4.69) is 13.8 Å². The molecule has 0 rings (SSSR count). The van der Waals surface area contributed by atoms with E-state index in [9.17, 15) is 9.59 Å². The molecule has 26 heavy (non-hydrogen) atoms. The summed E-state index contributed by atoms with van der Waals surface area (Å²) >= 11 is 0. The standard InChI is InChI=1S/C21H41NO4/c1-3-5-7-9-10-11-13-15-18(14-12-8-6-4-2)26-21(25)19(22)16-17-20(23)24/h18-19H,3-17,22H2,1-2H3,(H,23,24)/t18?,19-/m0/s1. The van der Waals surface area contributed by atoms with Gasteiger partial charge in [0, 0.05) is 6.42 Å². The number of rotatable bonds is 18. The van der Waals surface area contributed by atoms with Crippen LogP contribution in [0.3, 0.4) is 0 Å². The quantitative estimate of drug-likeness (QED) is 0.255. The zero-order valence-corrected chi connectivity index (χ0v) is 17.0. The van der Waals surface area contributed by atoms with E-state index in [1.54, 1.807) is 0 Å². The van der Waals surface area contributed by atoms with Crippen LogP contribution >= 0.6 is 0 Å². The maximum absolute atomic E-state index is 12.1. The number of carbonyl (C=O) groups is 2. The molecule has 0 aromatic heterocycles. The normalized spacial score (nSPS) is 13.3. The Hall–Kier alpha value is -1.10. The molecule has 0 aliphatic carbocycles. The van der Waals surface area contributed by atoms with Crippen molar-refractivity contribution in [1.82, 2.24) is 0 Å². The van der Waals surface area contributed by atoms with Gasteiger partial charge in [0.15, 0.2) is 0 Å². The maximum atomic E-state index is 12.1. The summed E-state index contributed by atoms with van der Waals surface area (Å²) in [6, 6.07) is -0.835. The van der Waals surface area contributed by atoms with Crippen LogP contribution in [0.4, 0.5) is 0 Å². The van der Waals surface area contributed by atoms with Gasteiger partial charge in [0.25, 0.3) is 0 Å². The summed E-state index contributed by atoms with van der Waals surface area (Å²) in [7, 11) is 0. The molecule has 3 N–H and O–H groups in total. The first-order valence-electron chi connectivity index (χ1n) is 10.7. The van der Waals surface area contributed by atoms with Crippen molar-refractivity contribution in [3.63, 3.8) is 0 Å². The Morgan fingerprint density at radius 3 is 1.77 bits per heavy atom. The number of aliphatic carboxylic acids is 1. The van der Waals surface area contributed by atoms with Crippen LogP contribution in [-0.2, 0) is 14.3 Å². The molecule has 0 amide bonds. The SMILES string of the molecule is CCCCCCCCCC(CCCCCC)OC(=O)[C@@H](N)CCC(=O)O. The summed E-state index contributed by atoms with van der Waals surface area (Å²) in [4.78, 5) is 22.7. The van der Waals surface area contributed by atoms with E-state index in [0.29, 0.717) is 0 Å². The Morgan fingerprint density at radius 2 is 1.27 bits per heavy atom. The van der Waals surface area contributed by atoms with Crippen LogP contribution in [0.5, 0.6) is 0 Å². The number of ether oxygens (including phenoxy) is 1. The molecule has 5 nitrogen and oxygen atoms in total. The van der Waals surface area contributed by atoms with Crippen molar-refractivity contribution in [1.29, 1.82) is 0 Å². The molecule has 0 heterocycles. The van der Waals surface area contributed by atoms with Crippen LogP contribution in [0.1, 0.15) is 110 Å². The van der Waals surface area contributed by atoms with Crippen molar-refractivity contribution in [2.45, 2.75) is 122 Å². The number of hydrogen-bond donors (Lipinski definition) is 2. The van der Waals surface area contributed by atoms with Gasteiger partial charge in [0.1, 0.15) is 12.1 Å². The molecule has 0 bridgehead atoms. The fraction of sp³-hybridized carbons (Fsp3) is 0.905. The second-order valence-corrected chi connectivity index (χ2v) is 7.36. The van der Waals surface area contributed by atoms with Crippen molar-refractivity contribution in [2.75, 3.05) is 0 Å². The second kappa shape index (κ2) is 17.3. The van der Waals surface area contributed by atoms with Crippen LogP contribution in [0, 0.1) is 0 Å². The molecule has 0 fully saturated rings. The Labute approximate surface area is 160 Å². The van der Waals surface area contributed by atoms with E-state index < -0.39 is 18.0 Å². The fourth-order valence-corrected chi connectivity index (χ4v) is 3.04. The Bertz CT molecular complexity index is 360. The van der Waals surface area contributed by atoms with Gasteiger partial charge in [0.2, 0.25) is 0 Å². The van der Waals surface area contributed by atoms with Gasteiger partial charge in [-0.2, -0.15) is 0 Å². The average Bonchev–Trinajstić information content (AvgIpc) is 2.61. The summed E-state index contributed by atoms with van der Waals surface area (Å²) < 4.78 is 5.61. The third-order valence-electron chi connectivity index (χ3n) is 4.76. The number of carboxylic acid groups (broad SMARTS) is 1. The number of carboxylic acids is 1. The van der Waals surface area contributed by atoms with Gasteiger partial charge in [-0.15, -0.1) is 0 Å². The highest BCUT2D eigenvalue weighted by molar-refractivity contribution is 5.76. The monoisotopic (exact) mass is 371 g/mol. The molecule has 1 unspecified atom stereocenters. The van der Waals surface area contributed by atoms with Crippen LogP contribution < -0.4 is 5.73 Å². The number of nitrogens with two attached hydrogens (primary N) is 1. The molecule has 5 heteroatoms. The molecule has 0 saturated carbocycles. The lowest BCUT2D eigenvalue weighted by atomic mass is 10.0. The molecule has 154 valence electrons. The lowest BCUT2D eigenvalue weighted by Gasteiger charge is -2.20. The summed E-state index contributed by atoms with van der Waals surface area (Å²) in [6.45, 7) is 4.40. The van der Waals surface area contributed by atoms with E-state index in [0.717, 1.165) is 32.1 Å². The van der Waals surface area contributed by atoms with Crippen molar-refractivity contribution < 1.29 is 19.4 Å². The third-order valence-corrected chi connectivity index (χ3v) is 4.76. The van der Waals surface area contributed by atoms with Gasteiger partial charge in [-0.1, -0.05) is 71.6 Å². The Kier molecular flexibility index (Phi) is 16.6. The lowest BCUT2D eigenvalue weighted by Crippen LogP contribution is -2.35. The van der Waals surface area contributed by atoms with E-state index >= 15 is 0 Å². The van der Waals surface area contributed by atoms with E-state index in [1.807, 2.05) is 0 Å². The average molecular weight is 372 g/mol. The van der Waals surface area contributed by atoms with Gasteiger partial charge in [-0.3, -0.25) is 9.59 Å². The molecule has 2 atom stereocenters. The largest absolute Gasteiger partial charge is 0.481 e. The smallest absolute Gasteiger partial charge is 0.323 e. The predicted octanol–water partition coefficient (Wildman–Crippen LogP) is 5.20. The minimum atomic E-state index is -0.938. The molecular formula is C21H41NO4. The molecule has 0 saturated heterocycles. The first kappa shape index (κ1) is 24.9. The number of carbonyl (C=O) groups excluding carboxylic acids is 1. The van der Waals surface area contributed by atoms with Crippen molar-refractivity contribution >= 4 is 11.9 Å². The van der Waals surface area contributed by atoms with Crippen LogP contribution in [0.15, 0.2) is 0 Å².